The molecule has 9 heteroatoms. The average Bonchev–Trinajstić information content (AvgIpc) is 3.02. The first-order valence-electron chi connectivity index (χ1n) is 8.74. The lowest BCUT2D eigenvalue weighted by Crippen LogP contribution is -2.45. The smallest absolute Gasteiger partial charge is 0.422 e. The second-order valence-electron chi connectivity index (χ2n) is 6.50. The van der Waals surface area contributed by atoms with Crippen LogP contribution in [-0.4, -0.2) is 44.0 Å². The zero-order valence-electron chi connectivity index (χ0n) is 15.6. The van der Waals surface area contributed by atoms with E-state index >= 15 is 0 Å². The van der Waals surface area contributed by atoms with Crippen LogP contribution in [0.4, 0.5) is 13.2 Å². The maximum Gasteiger partial charge on any atom is 0.422 e. The van der Waals surface area contributed by atoms with Gasteiger partial charge in [0.2, 0.25) is 0 Å². The van der Waals surface area contributed by atoms with Crippen molar-refractivity contribution in [1.29, 1.82) is 0 Å². The van der Waals surface area contributed by atoms with E-state index in [9.17, 15) is 13.2 Å². The molecule has 1 aliphatic heterocycles. The van der Waals surface area contributed by atoms with Gasteiger partial charge < -0.3 is 20.1 Å². The van der Waals surface area contributed by atoms with Gasteiger partial charge in [0.25, 0.3) is 0 Å². The van der Waals surface area contributed by atoms with E-state index in [0.29, 0.717) is 25.6 Å². The summed E-state index contributed by atoms with van der Waals surface area (Å²) in [5.41, 5.74) is 0.576. The molecule has 0 spiro atoms. The zero-order valence-corrected chi connectivity index (χ0v) is 17.9. The molecule has 5 nitrogen and oxygen atoms in total. The SMILES string of the molecule is CCNC(=NCc1cccc(OCC(F)(F)F)c1)NCC1(C)CCCO1.I. The van der Waals surface area contributed by atoms with E-state index in [-0.39, 0.29) is 35.3 Å². The second-order valence-corrected chi connectivity index (χ2v) is 6.50. The predicted octanol–water partition coefficient (Wildman–Crippen LogP) is 3.87. The Morgan fingerprint density at radius 2 is 2.11 bits per heavy atom. The molecule has 1 heterocycles. The minimum Gasteiger partial charge on any atom is -0.484 e. The fourth-order valence-corrected chi connectivity index (χ4v) is 2.66. The van der Waals surface area contributed by atoms with E-state index in [1.54, 1.807) is 18.2 Å². The molecule has 0 bridgehead atoms. The van der Waals surface area contributed by atoms with Crippen molar-refractivity contribution < 1.29 is 22.6 Å². The van der Waals surface area contributed by atoms with Crippen molar-refractivity contribution in [1.82, 2.24) is 10.6 Å². The van der Waals surface area contributed by atoms with Crippen LogP contribution in [0.5, 0.6) is 5.75 Å². The maximum atomic E-state index is 12.3. The Kier molecular flexibility index (Phi) is 9.65. The van der Waals surface area contributed by atoms with Crippen LogP contribution < -0.4 is 15.4 Å². The van der Waals surface area contributed by atoms with Crippen LogP contribution in [0.3, 0.4) is 0 Å². The summed E-state index contributed by atoms with van der Waals surface area (Å²) >= 11 is 0. The van der Waals surface area contributed by atoms with Crippen molar-refractivity contribution in [3.63, 3.8) is 0 Å². The van der Waals surface area contributed by atoms with Gasteiger partial charge in [0.05, 0.1) is 12.1 Å². The lowest BCUT2D eigenvalue weighted by atomic mass is 10.0. The van der Waals surface area contributed by atoms with Gasteiger partial charge in [0.1, 0.15) is 5.75 Å². The molecular formula is C18H27F3IN3O2. The Bertz CT molecular complexity index is 606. The molecule has 1 atom stereocenters. The number of alkyl halides is 3. The Hall–Kier alpha value is -1.23. The van der Waals surface area contributed by atoms with Gasteiger partial charge >= 0.3 is 6.18 Å². The van der Waals surface area contributed by atoms with E-state index in [2.05, 4.69) is 22.5 Å². The van der Waals surface area contributed by atoms with Crippen LogP contribution in [0.1, 0.15) is 32.3 Å². The molecule has 1 fully saturated rings. The maximum absolute atomic E-state index is 12.3. The summed E-state index contributed by atoms with van der Waals surface area (Å²) in [5, 5.41) is 6.42. The highest BCUT2D eigenvalue weighted by Gasteiger charge is 2.30. The molecule has 1 unspecified atom stereocenters. The molecule has 2 rings (SSSR count). The van der Waals surface area contributed by atoms with Gasteiger partial charge in [-0.2, -0.15) is 13.2 Å². The number of nitrogens with zero attached hydrogens (tertiary/aromatic N) is 1. The van der Waals surface area contributed by atoms with Crippen LogP contribution >= 0.6 is 24.0 Å². The summed E-state index contributed by atoms with van der Waals surface area (Å²) in [6.07, 6.45) is -2.30. The molecule has 154 valence electrons. The van der Waals surface area contributed by atoms with Crippen molar-refractivity contribution in [3.05, 3.63) is 29.8 Å². The van der Waals surface area contributed by atoms with Crippen LogP contribution in [0.25, 0.3) is 0 Å². The van der Waals surface area contributed by atoms with Gasteiger partial charge in [0, 0.05) is 19.7 Å². The Morgan fingerprint density at radius 3 is 2.74 bits per heavy atom. The van der Waals surface area contributed by atoms with Gasteiger partial charge in [-0.3, -0.25) is 0 Å². The summed E-state index contributed by atoms with van der Waals surface area (Å²) < 4.78 is 47.3. The number of aliphatic imine (C=N–C) groups is 1. The van der Waals surface area contributed by atoms with E-state index in [1.165, 1.54) is 6.07 Å². The summed E-state index contributed by atoms with van der Waals surface area (Å²) in [4.78, 5) is 4.49. The Morgan fingerprint density at radius 1 is 1.33 bits per heavy atom. The third kappa shape index (κ3) is 9.00. The second kappa shape index (κ2) is 10.9. The van der Waals surface area contributed by atoms with Crippen LogP contribution in [0, 0.1) is 0 Å². The molecule has 1 saturated heterocycles. The van der Waals surface area contributed by atoms with E-state index < -0.39 is 12.8 Å². The van der Waals surface area contributed by atoms with Crippen LogP contribution in [0.15, 0.2) is 29.3 Å². The first-order chi connectivity index (χ1) is 12.3. The van der Waals surface area contributed by atoms with Gasteiger partial charge in [-0.15, -0.1) is 24.0 Å². The fraction of sp³-hybridized carbons (Fsp3) is 0.611. The Balaban J connectivity index is 0.00000364. The summed E-state index contributed by atoms with van der Waals surface area (Å²) in [6, 6.07) is 6.53. The number of ether oxygens (including phenoxy) is 2. The van der Waals surface area contributed by atoms with Gasteiger partial charge in [-0.25, -0.2) is 4.99 Å². The third-order valence-corrected chi connectivity index (χ3v) is 4.00. The largest absolute Gasteiger partial charge is 0.484 e. The van der Waals surface area contributed by atoms with Gasteiger partial charge in [0.15, 0.2) is 12.6 Å². The summed E-state index contributed by atoms with van der Waals surface area (Å²) in [7, 11) is 0. The highest BCUT2D eigenvalue weighted by atomic mass is 127. The standard InChI is InChI=1S/C18H26F3N3O2.HI/c1-3-22-16(24-12-17(2)8-5-9-26-17)23-11-14-6-4-7-15(10-14)25-13-18(19,20)21;/h4,6-7,10H,3,5,8-9,11-13H2,1-2H3,(H2,22,23,24);1H. The van der Waals surface area contributed by atoms with Crippen molar-refractivity contribution in [2.75, 3.05) is 26.3 Å². The van der Waals surface area contributed by atoms with Crippen LogP contribution in [0.2, 0.25) is 0 Å². The van der Waals surface area contributed by atoms with Crippen LogP contribution in [-0.2, 0) is 11.3 Å². The molecule has 0 amide bonds. The highest BCUT2D eigenvalue weighted by Crippen LogP contribution is 2.24. The molecule has 1 aliphatic rings. The molecular weight excluding hydrogens is 474 g/mol. The minimum absolute atomic E-state index is 0. The lowest BCUT2D eigenvalue weighted by molar-refractivity contribution is -0.153. The predicted molar refractivity (Wildman–Crippen MR) is 110 cm³/mol. The molecule has 0 aromatic heterocycles. The van der Waals surface area contributed by atoms with Gasteiger partial charge in [-0.05, 0) is 44.4 Å². The number of benzene rings is 1. The number of hydrogen-bond donors (Lipinski definition) is 2. The van der Waals surface area contributed by atoms with Crippen molar-refractivity contribution in [2.45, 2.75) is 45.0 Å². The van der Waals surface area contributed by atoms with E-state index in [1.807, 2.05) is 6.92 Å². The fourth-order valence-electron chi connectivity index (χ4n) is 2.66. The summed E-state index contributed by atoms with van der Waals surface area (Å²) in [6.45, 7) is 5.19. The molecule has 1 aromatic carbocycles. The number of hydrogen-bond acceptors (Lipinski definition) is 3. The van der Waals surface area contributed by atoms with Crippen molar-refractivity contribution in [2.24, 2.45) is 4.99 Å². The average molecular weight is 501 g/mol. The minimum atomic E-state index is -4.35. The number of halogens is 4. The molecule has 0 radical (unpaired) electrons. The van der Waals surface area contributed by atoms with Crippen molar-refractivity contribution in [3.8, 4) is 5.75 Å². The number of guanidine groups is 1. The first-order valence-corrected chi connectivity index (χ1v) is 8.74. The van der Waals surface area contributed by atoms with Gasteiger partial charge in [-0.1, -0.05) is 12.1 Å². The Labute approximate surface area is 175 Å². The normalized spacial score (nSPS) is 20.1. The molecule has 2 N–H and O–H groups in total. The molecule has 0 saturated carbocycles. The topological polar surface area (TPSA) is 54.9 Å². The highest BCUT2D eigenvalue weighted by molar-refractivity contribution is 14.0. The number of rotatable bonds is 7. The third-order valence-electron chi connectivity index (χ3n) is 4.00. The quantitative estimate of drug-likeness (QED) is 0.339. The lowest BCUT2D eigenvalue weighted by Gasteiger charge is -2.24. The van der Waals surface area contributed by atoms with E-state index in [4.69, 9.17) is 9.47 Å². The zero-order chi connectivity index (χ0) is 19.0. The van der Waals surface area contributed by atoms with E-state index in [0.717, 1.165) is 25.0 Å². The molecule has 0 aliphatic carbocycles. The summed E-state index contributed by atoms with van der Waals surface area (Å²) in [5.74, 6) is 0.825. The number of nitrogens with one attached hydrogen (secondary N) is 2. The van der Waals surface area contributed by atoms with Crippen molar-refractivity contribution >= 4 is 29.9 Å². The first kappa shape index (κ1) is 23.8. The monoisotopic (exact) mass is 501 g/mol. The molecule has 1 aromatic rings. The molecule has 27 heavy (non-hydrogen) atoms.